The molecule has 1 aromatic carbocycles. The van der Waals surface area contributed by atoms with Gasteiger partial charge in [0.05, 0.1) is 12.2 Å². The zero-order valence-electron chi connectivity index (χ0n) is 11.2. The van der Waals surface area contributed by atoms with Crippen LogP contribution in [0.1, 0.15) is 17.3 Å². The number of para-hydroxylation sites is 1. The van der Waals surface area contributed by atoms with Crippen LogP contribution in [0, 0.1) is 0 Å². The van der Waals surface area contributed by atoms with Crippen molar-refractivity contribution in [2.24, 2.45) is 0 Å². The van der Waals surface area contributed by atoms with Crippen molar-refractivity contribution in [2.75, 3.05) is 6.61 Å². The van der Waals surface area contributed by atoms with E-state index >= 15 is 0 Å². The molecule has 0 unspecified atom stereocenters. The Morgan fingerprint density at radius 2 is 1.90 bits per heavy atom. The fourth-order valence-corrected chi connectivity index (χ4v) is 1.81. The highest BCUT2D eigenvalue weighted by Gasteiger charge is 2.23. The molecule has 0 spiro atoms. The van der Waals surface area contributed by atoms with Gasteiger partial charge in [0.15, 0.2) is 0 Å². The van der Waals surface area contributed by atoms with Gasteiger partial charge in [-0.3, -0.25) is 4.79 Å². The minimum absolute atomic E-state index is 0.00366. The van der Waals surface area contributed by atoms with E-state index < -0.39 is 11.8 Å². The van der Waals surface area contributed by atoms with Gasteiger partial charge in [-0.05, 0) is 25.1 Å². The standard InChI is InChI=1S/C15H12ClNO4/c1-2-20-15(19)13(18)11-8-9-17-14(12(11)16)21-10-6-4-3-5-7-10/h3-9H,2H2,1H3. The molecule has 0 aliphatic rings. The van der Waals surface area contributed by atoms with Gasteiger partial charge in [-0.1, -0.05) is 29.8 Å². The van der Waals surface area contributed by atoms with Gasteiger partial charge in [0.1, 0.15) is 10.8 Å². The van der Waals surface area contributed by atoms with Crippen LogP contribution in [0.3, 0.4) is 0 Å². The van der Waals surface area contributed by atoms with Gasteiger partial charge in [-0.15, -0.1) is 0 Å². The Bertz CT molecular complexity index is 658. The van der Waals surface area contributed by atoms with Crippen LogP contribution in [0.25, 0.3) is 0 Å². The Labute approximate surface area is 126 Å². The Morgan fingerprint density at radius 1 is 1.19 bits per heavy atom. The predicted molar refractivity (Wildman–Crippen MR) is 76.7 cm³/mol. The number of ketones is 1. The molecule has 0 aliphatic heterocycles. The Morgan fingerprint density at radius 3 is 2.57 bits per heavy atom. The lowest BCUT2D eigenvalue weighted by atomic mass is 10.2. The molecule has 0 fully saturated rings. The van der Waals surface area contributed by atoms with E-state index in [1.165, 1.54) is 12.3 Å². The number of carbonyl (C=O) groups is 2. The third-order valence-electron chi connectivity index (χ3n) is 2.52. The Balaban J connectivity index is 2.28. The van der Waals surface area contributed by atoms with Crippen LogP contribution in [0.15, 0.2) is 42.6 Å². The van der Waals surface area contributed by atoms with E-state index in [2.05, 4.69) is 9.72 Å². The quantitative estimate of drug-likeness (QED) is 0.482. The monoisotopic (exact) mass is 305 g/mol. The number of hydrogen-bond donors (Lipinski definition) is 0. The molecule has 0 radical (unpaired) electrons. The van der Waals surface area contributed by atoms with E-state index in [1.54, 1.807) is 31.2 Å². The summed E-state index contributed by atoms with van der Waals surface area (Å²) in [6.07, 6.45) is 1.34. The highest BCUT2D eigenvalue weighted by molar-refractivity contribution is 6.45. The third-order valence-corrected chi connectivity index (χ3v) is 2.89. The third kappa shape index (κ3) is 3.58. The molecule has 6 heteroatoms. The first-order valence-corrected chi connectivity index (χ1v) is 6.60. The molecule has 0 saturated heterocycles. The summed E-state index contributed by atoms with van der Waals surface area (Å²) in [5.41, 5.74) is -0.00366. The van der Waals surface area contributed by atoms with Crippen molar-refractivity contribution in [3.05, 3.63) is 53.2 Å². The first-order valence-electron chi connectivity index (χ1n) is 6.22. The summed E-state index contributed by atoms with van der Waals surface area (Å²) < 4.78 is 10.2. The lowest BCUT2D eigenvalue weighted by molar-refractivity contribution is -0.137. The number of Topliss-reactive ketones (excluding diaryl/α,β-unsaturated/α-hetero) is 1. The Hall–Kier alpha value is -2.40. The molecule has 5 nitrogen and oxygen atoms in total. The van der Waals surface area contributed by atoms with Crippen molar-refractivity contribution in [1.82, 2.24) is 4.98 Å². The number of pyridine rings is 1. The van der Waals surface area contributed by atoms with E-state index in [9.17, 15) is 9.59 Å². The Kier molecular flexibility index (Phi) is 4.90. The predicted octanol–water partition coefficient (Wildman–Crippen LogP) is 3.27. The van der Waals surface area contributed by atoms with Crippen LogP contribution in [-0.2, 0) is 9.53 Å². The lowest BCUT2D eigenvalue weighted by Gasteiger charge is -2.08. The molecule has 0 saturated carbocycles. The van der Waals surface area contributed by atoms with E-state index in [0.29, 0.717) is 5.75 Å². The topological polar surface area (TPSA) is 65.5 Å². The average molecular weight is 306 g/mol. The summed E-state index contributed by atoms with van der Waals surface area (Å²) in [4.78, 5) is 27.4. The fourth-order valence-electron chi connectivity index (χ4n) is 1.58. The molecule has 0 atom stereocenters. The number of carbonyl (C=O) groups excluding carboxylic acids is 2. The normalized spacial score (nSPS) is 10.0. The van der Waals surface area contributed by atoms with E-state index in [4.69, 9.17) is 16.3 Å². The molecule has 0 N–H and O–H groups in total. The van der Waals surface area contributed by atoms with Crippen molar-refractivity contribution < 1.29 is 19.1 Å². The van der Waals surface area contributed by atoms with Crippen LogP contribution < -0.4 is 4.74 Å². The van der Waals surface area contributed by atoms with Crippen LogP contribution in [0.4, 0.5) is 0 Å². The second kappa shape index (κ2) is 6.85. The maximum Gasteiger partial charge on any atom is 0.379 e. The summed E-state index contributed by atoms with van der Waals surface area (Å²) in [7, 11) is 0. The zero-order valence-corrected chi connectivity index (χ0v) is 12.0. The maximum absolute atomic E-state index is 11.9. The smallest absolute Gasteiger partial charge is 0.379 e. The van der Waals surface area contributed by atoms with Crippen LogP contribution in [0.2, 0.25) is 5.02 Å². The number of halogens is 1. The second-order valence-electron chi connectivity index (χ2n) is 3.94. The number of hydrogen-bond acceptors (Lipinski definition) is 5. The van der Waals surface area contributed by atoms with Crippen molar-refractivity contribution in [3.8, 4) is 11.6 Å². The molecule has 1 heterocycles. The number of nitrogens with zero attached hydrogens (tertiary/aromatic N) is 1. The molecule has 108 valence electrons. The maximum atomic E-state index is 11.9. The lowest BCUT2D eigenvalue weighted by Crippen LogP contribution is -2.18. The van der Waals surface area contributed by atoms with Gasteiger partial charge in [-0.2, -0.15) is 0 Å². The summed E-state index contributed by atoms with van der Waals surface area (Å²) in [5.74, 6) is -1.22. The molecule has 1 aromatic heterocycles. The highest BCUT2D eigenvalue weighted by Crippen LogP contribution is 2.30. The molecule has 21 heavy (non-hydrogen) atoms. The van der Waals surface area contributed by atoms with Crippen LogP contribution in [0.5, 0.6) is 11.6 Å². The van der Waals surface area contributed by atoms with Crippen LogP contribution in [-0.4, -0.2) is 23.3 Å². The van der Waals surface area contributed by atoms with Gasteiger partial charge in [-0.25, -0.2) is 9.78 Å². The highest BCUT2D eigenvalue weighted by atomic mass is 35.5. The van der Waals surface area contributed by atoms with E-state index in [0.717, 1.165) is 0 Å². The molecular formula is C15H12ClNO4. The fraction of sp³-hybridized carbons (Fsp3) is 0.133. The molecule has 2 aromatic rings. The van der Waals surface area contributed by atoms with Crippen LogP contribution >= 0.6 is 11.6 Å². The summed E-state index contributed by atoms with van der Waals surface area (Å²) in [6.45, 7) is 1.73. The number of rotatable bonds is 5. The number of aromatic nitrogens is 1. The minimum Gasteiger partial charge on any atom is -0.460 e. The zero-order chi connectivity index (χ0) is 15.2. The van der Waals surface area contributed by atoms with Crippen molar-refractivity contribution >= 4 is 23.4 Å². The van der Waals surface area contributed by atoms with Gasteiger partial charge < -0.3 is 9.47 Å². The van der Waals surface area contributed by atoms with Gasteiger partial charge in [0.2, 0.25) is 5.88 Å². The van der Waals surface area contributed by atoms with Gasteiger partial charge >= 0.3 is 5.97 Å². The first kappa shape index (κ1) is 15.0. The van der Waals surface area contributed by atoms with Gasteiger partial charge in [0.25, 0.3) is 5.78 Å². The van der Waals surface area contributed by atoms with Gasteiger partial charge in [0, 0.05) is 6.20 Å². The summed E-state index contributed by atoms with van der Waals surface area (Å²) >= 11 is 6.08. The number of esters is 1. The average Bonchev–Trinajstić information content (AvgIpc) is 2.50. The molecule has 2 rings (SSSR count). The summed E-state index contributed by atoms with van der Waals surface area (Å²) in [5, 5.41) is -0.0283. The van der Waals surface area contributed by atoms with Crippen molar-refractivity contribution in [3.63, 3.8) is 0 Å². The number of ether oxygens (including phenoxy) is 2. The van der Waals surface area contributed by atoms with E-state index in [1.807, 2.05) is 6.07 Å². The molecule has 0 aliphatic carbocycles. The largest absolute Gasteiger partial charge is 0.460 e. The number of benzene rings is 1. The summed E-state index contributed by atoms with van der Waals surface area (Å²) in [6, 6.07) is 10.2. The second-order valence-corrected chi connectivity index (χ2v) is 4.32. The minimum atomic E-state index is -0.962. The first-order chi connectivity index (χ1) is 10.1. The molecular weight excluding hydrogens is 294 g/mol. The van der Waals surface area contributed by atoms with E-state index in [-0.39, 0.29) is 23.1 Å². The molecule has 0 amide bonds. The molecule has 0 bridgehead atoms. The van der Waals surface area contributed by atoms with Crippen molar-refractivity contribution in [2.45, 2.75) is 6.92 Å². The van der Waals surface area contributed by atoms with Crippen molar-refractivity contribution in [1.29, 1.82) is 0 Å². The SMILES string of the molecule is CCOC(=O)C(=O)c1ccnc(Oc2ccccc2)c1Cl.